The Morgan fingerprint density at radius 2 is 2.00 bits per heavy atom. The molecule has 1 aliphatic carbocycles. The van der Waals surface area contributed by atoms with Crippen LogP contribution >= 0.6 is 0 Å². The van der Waals surface area contributed by atoms with Gasteiger partial charge in [0.2, 0.25) is 0 Å². The molecule has 116 valence electrons. The standard InChI is InChI=1S/C13H16F3N3O2/c1-19-7-8(6-17-19)11(20)12(21)18-10-5-3-2-4-9(10)13(14,15)16/h6-7,9-10H,2-5H2,1H3,(H,18,21)/t9-,10+/m1/s1. The van der Waals surface area contributed by atoms with E-state index in [1.807, 2.05) is 0 Å². The number of nitrogens with one attached hydrogen (secondary N) is 1. The van der Waals surface area contributed by atoms with Crippen LogP contribution in [0.15, 0.2) is 12.4 Å². The predicted molar refractivity (Wildman–Crippen MR) is 67.5 cm³/mol. The van der Waals surface area contributed by atoms with Crippen molar-refractivity contribution in [1.82, 2.24) is 15.1 Å². The van der Waals surface area contributed by atoms with Gasteiger partial charge < -0.3 is 5.32 Å². The zero-order valence-electron chi connectivity index (χ0n) is 11.5. The highest BCUT2D eigenvalue weighted by molar-refractivity contribution is 6.42. The summed E-state index contributed by atoms with van der Waals surface area (Å²) in [5.74, 6) is -3.46. The summed E-state index contributed by atoms with van der Waals surface area (Å²) in [7, 11) is 1.58. The molecule has 0 aliphatic heterocycles. The maximum absolute atomic E-state index is 12.9. The van der Waals surface area contributed by atoms with E-state index >= 15 is 0 Å². The first-order valence-corrected chi connectivity index (χ1v) is 6.69. The van der Waals surface area contributed by atoms with Crippen LogP contribution in [-0.2, 0) is 11.8 Å². The summed E-state index contributed by atoms with van der Waals surface area (Å²) in [4.78, 5) is 23.7. The number of amides is 1. The molecule has 0 unspecified atom stereocenters. The maximum atomic E-state index is 12.9. The van der Waals surface area contributed by atoms with Crippen molar-refractivity contribution in [3.05, 3.63) is 18.0 Å². The molecule has 1 fully saturated rings. The van der Waals surface area contributed by atoms with Gasteiger partial charge in [0.25, 0.3) is 11.7 Å². The molecule has 0 saturated heterocycles. The number of carbonyl (C=O) groups is 2. The average Bonchev–Trinajstić information content (AvgIpc) is 2.84. The van der Waals surface area contributed by atoms with Crippen LogP contribution in [0.4, 0.5) is 13.2 Å². The van der Waals surface area contributed by atoms with Gasteiger partial charge in [-0.3, -0.25) is 14.3 Å². The number of carbonyl (C=O) groups excluding carboxylic acids is 2. The summed E-state index contributed by atoms with van der Waals surface area (Å²) in [6.07, 6.45) is -0.499. The molecule has 2 rings (SSSR count). The number of Topliss-reactive ketones (excluding diaryl/α,β-unsaturated/α-hetero) is 1. The molecule has 1 amide bonds. The third kappa shape index (κ3) is 3.62. The molecule has 1 aliphatic rings. The molecule has 0 aromatic carbocycles. The average molecular weight is 303 g/mol. The summed E-state index contributed by atoms with van der Waals surface area (Å²) in [6, 6.07) is -1.04. The fraction of sp³-hybridized carbons (Fsp3) is 0.615. The van der Waals surface area contributed by atoms with Crippen LogP contribution in [-0.4, -0.2) is 33.7 Å². The summed E-state index contributed by atoms with van der Waals surface area (Å²) < 4.78 is 40.1. The normalized spacial score (nSPS) is 22.9. The zero-order valence-corrected chi connectivity index (χ0v) is 11.5. The first-order chi connectivity index (χ1) is 9.79. The number of hydrogen-bond acceptors (Lipinski definition) is 3. The number of ketones is 1. The number of rotatable bonds is 3. The Morgan fingerprint density at radius 1 is 1.33 bits per heavy atom. The second-order valence-electron chi connectivity index (χ2n) is 5.24. The van der Waals surface area contributed by atoms with E-state index in [0.717, 1.165) is 0 Å². The van der Waals surface area contributed by atoms with Gasteiger partial charge in [-0.15, -0.1) is 0 Å². The molecule has 1 N–H and O–H groups in total. The van der Waals surface area contributed by atoms with E-state index in [0.29, 0.717) is 12.8 Å². The van der Waals surface area contributed by atoms with Crippen molar-refractivity contribution in [2.45, 2.75) is 37.9 Å². The van der Waals surface area contributed by atoms with E-state index in [1.165, 1.54) is 17.1 Å². The van der Waals surface area contributed by atoms with Crippen LogP contribution < -0.4 is 5.32 Å². The molecular formula is C13H16F3N3O2. The van der Waals surface area contributed by atoms with Crippen LogP contribution in [0, 0.1) is 5.92 Å². The minimum Gasteiger partial charge on any atom is -0.346 e. The zero-order chi connectivity index (χ0) is 15.6. The van der Waals surface area contributed by atoms with Gasteiger partial charge in [-0.1, -0.05) is 12.8 Å². The van der Waals surface area contributed by atoms with Crippen LogP contribution in [0.5, 0.6) is 0 Å². The number of halogens is 3. The lowest BCUT2D eigenvalue weighted by Crippen LogP contribution is -2.49. The van der Waals surface area contributed by atoms with Gasteiger partial charge in [0.15, 0.2) is 0 Å². The van der Waals surface area contributed by atoms with Crippen molar-refractivity contribution in [2.75, 3.05) is 0 Å². The van der Waals surface area contributed by atoms with Crippen LogP contribution in [0.25, 0.3) is 0 Å². The SMILES string of the molecule is Cn1cc(C(=O)C(=O)N[C@H]2CCCC[C@H]2C(F)(F)F)cn1. The Balaban J connectivity index is 2.05. The lowest BCUT2D eigenvalue weighted by molar-refractivity contribution is -0.189. The summed E-state index contributed by atoms with van der Waals surface area (Å²) >= 11 is 0. The number of hydrogen-bond donors (Lipinski definition) is 1. The highest BCUT2D eigenvalue weighted by Crippen LogP contribution is 2.37. The quantitative estimate of drug-likeness (QED) is 0.684. The van der Waals surface area contributed by atoms with E-state index in [1.54, 1.807) is 7.05 Å². The Kier molecular flexibility index (Phi) is 4.34. The molecule has 1 heterocycles. The Hall–Kier alpha value is -1.86. The predicted octanol–water partition coefficient (Wildman–Crippen LogP) is 1.84. The molecule has 8 heteroatoms. The lowest BCUT2D eigenvalue weighted by atomic mass is 9.84. The molecular weight excluding hydrogens is 287 g/mol. The first kappa shape index (κ1) is 15.5. The number of nitrogens with zero attached hydrogens (tertiary/aromatic N) is 2. The third-order valence-corrected chi connectivity index (χ3v) is 3.68. The Labute approximate surface area is 119 Å². The van der Waals surface area contributed by atoms with Crippen molar-refractivity contribution in [1.29, 1.82) is 0 Å². The Bertz CT molecular complexity index is 539. The second kappa shape index (κ2) is 5.87. The molecule has 21 heavy (non-hydrogen) atoms. The van der Waals surface area contributed by atoms with Gasteiger partial charge in [-0.2, -0.15) is 18.3 Å². The first-order valence-electron chi connectivity index (χ1n) is 6.69. The number of aryl methyl sites for hydroxylation is 1. The van der Waals surface area contributed by atoms with Crippen molar-refractivity contribution in [3.63, 3.8) is 0 Å². The second-order valence-corrected chi connectivity index (χ2v) is 5.24. The van der Waals surface area contributed by atoms with E-state index < -0.39 is 29.8 Å². The van der Waals surface area contributed by atoms with Crippen LogP contribution in [0.3, 0.4) is 0 Å². The molecule has 1 aromatic heterocycles. The molecule has 0 radical (unpaired) electrons. The summed E-state index contributed by atoms with van der Waals surface area (Å²) in [5, 5.41) is 5.99. The van der Waals surface area contributed by atoms with E-state index in [4.69, 9.17) is 0 Å². The summed E-state index contributed by atoms with van der Waals surface area (Å²) in [5.41, 5.74) is 0.0642. The highest BCUT2D eigenvalue weighted by Gasteiger charge is 2.46. The molecule has 1 saturated carbocycles. The topological polar surface area (TPSA) is 64.0 Å². The third-order valence-electron chi connectivity index (χ3n) is 3.68. The van der Waals surface area contributed by atoms with Crippen molar-refractivity contribution < 1.29 is 22.8 Å². The molecule has 0 spiro atoms. The van der Waals surface area contributed by atoms with E-state index in [-0.39, 0.29) is 18.4 Å². The molecule has 2 atom stereocenters. The van der Waals surface area contributed by atoms with Crippen molar-refractivity contribution >= 4 is 11.7 Å². The van der Waals surface area contributed by atoms with Crippen molar-refractivity contribution in [3.8, 4) is 0 Å². The van der Waals surface area contributed by atoms with Gasteiger partial charge in [0, 0.05) is 19.3 Å². The minimum atomic E-state index is -4.37. The van der Waals surface area contributed by atoms with Crippen LogP contribution in [0.1, 0.15) is 36.0 Å². The lowest BCUT2D eigenvalue weighted by Gasteiger charge is -2.33. The smallest absolute Gasteiger partial charge is 0.346 e. The Morgan fingerprint density at radius 3 is 2.57 bits per heavy atom. The van der Waals surface area contributed by atoms with Crippen LogP contribution in [0.2, 0.25) is 0 Å². The minimum absolute atomic E-state index is 0.0183. The number of aromatic nitrogens is 2. The highest BCUT2D eigenvalue weighted by atomic mass is 19.4. The van der Waals surface area contributed by atoms with Gasteiger partial charge >= 0.3 is 6.18 Å². The number of alkyl halides is 3. The molecule has 0 bridgehead atoms. The van der Waals surface area contributed by atoms with E-state index in [9.17, 15) is 22.8 Å². The van der Waals surface area contributed by atoms with E-state index in [2.05, 4.69) is 10.4 Å². The van der Waals surface area contributed by atoms with Gasteiger partial charge in [0.1, 0.15) is 0 Å². The maximum Gasteiger partial charge on any atom is 0.393 e. The van der Waals surface area contributed by atoms with Gasteiger partial charge in [-0.05, 0) is 12.8 Å². The largest absolute Gasteiger partial charge is 0.393 e. The monoisotopic (exact) mass is 303 g/mol. The van der Waals surface area contributed by atoms with Gasteiger partial charge in [-0.25, -0.2) is 0 Å². The van der Waals surface area contributed by atoms with Crippen molar-refractivity contribution in [2.24, 2.45) is 13.0 Å². The fourth-order valence-corrected chi connectivity index (χ4v) is 2.60. The fourth-order valence-electron chi connectivity index (χ4n) is 2.60. The molecule has 5 nitrogen and oxygen atoms in total. The van der Waals surface area contributed by atoms with Gasteiger partial charge in [0.05, 0.1) is 17.7 Å². The summed E-state index contributed by atoms with van der Waals surface area (Å²) in [6.45, 7) is 0. The molecule has 1 aromatic rings.